The molecule has 0 aliphatic rings. The van der Waals surface area contributed by atoms with E-state index in [2.05, 4.69) is 10.6 Å². The van der Waals surface area contributed by atoms with Crippen LogP contribution in [0.4, 0.5) is 16.2 Å². The first-order chi connectivity index (χ1) is 12.1. The number of anilines is 2. The Balaban J connectivity index is 1.58. The van der Waals surface area contributed by atoms with Gasteiger partial charge in [0.15, 0.2) is 0 Å². The van der Waals surface area contributed by atoms with E-state index in [0.29, 0.717) is 21.4 Å². The Morgan fingerprint density at radius 3 is 2.24 bits per heavy atom. The van der Waals surface area contributed by atoms with Crippen molar-refractivity contribution in [3.05, 3.63) is 70.7 Å². The number of halogens is 2. The van der Waals surface area contributed by atoms with E-state index in [0.717, 1.165) is 21.9 Å². The average Bonchev–Trinajstić information content (AvgIpc) is 2.96. The normalized spacial score (nSPS) is 11.0. The molecule has 4 nitrogen and oxygen atoms in total. The molecule has 2 amide bonds. The molecule has 0 atom stereocenters. The molecule has 4 aromatic rings. The summed E-state index contributed by atoms with van der Waals surface area (Å²) in [6.07, 6.45) is 0. The monoisotopic (exact) mass is 370 g/mol. The number of furan rings is 1. The van der Waals surface area contributed by atoms with Gasteiger partial charge in [-0.3, -0.25) is 0 Å². The van der Waals surface area contributed by atoms with E-state index in [9.17, 15) is 4.79 Å². The number of amides is 2. The molecule has 3 aromatic carbocycles. The summed E-state index contributed by atoms with van der Waals surface area (Å²) in [7, 11) is 0. The van der Waals surface area contributed by atoms with E-state index in [4.69, 9.17) is 27.6 Å². The van der Waals surface area contributed by atoms with E-state index < -0.39 is 0 Å². The molecule has 25 heavy (non-hydrogen) atoms. The van der Waals surface area contributed by atoms with Gasteiger partial charge in [-0.1, -0.05) is 41.4 Å². The summed E-state index contributed by atoms with van der Waals surface area (Å²) in [6, 6.07) is 17.8. The first kappa shape index (κ1) is 15.8. The lowest BCUT2D eigenvalue weighted by molar-refractivity contribution is 0.262. The zero-order chi connectivity index (χ0) is 17.4. The fourth-order valence-corrected chi connectivity index (χ4v) is 2.97. The van der Waals surface area contributed by atoms with Crippen LogP contribution in [0.15, 0.2) is 65.1 Å². The minimum atomic E-state index is -0.370. The fraction of sp³-hybridized carbons (Fsp3) is 0. The van der Waals surface area contributed by atoms with E-state index in [1.54, 1.807) is 24.3 Å². The third-order valence-electron chi connectivity index (χ3n) is 3.81. The zero-order valence-electron chi connectivity index (χ0n) is 12.8. The van der Waals surface area contributed by atoms with Crippen LogP contribution in [0.25, 0.3) is 21.9 Å². The predicted molar refractivity (Wildman–Crippen MR) is 103 cm³/mol. The van der Waals surface area contributed by atoms with Crippen LogP contribution in [-0.2, 0) is 0 Å². The molecule has 1 aromatic heterocycles. The van der Waals surface area contributed by atoms with Crippen LogP contribution in [0.5, 0.6) is 0 Å². The lowest BCUT2D eigenvalue weighted by Crippen LogP contribution is -2.19. The van der Waals surface area contributed by atoms with Crippen LogP contribution in [0.2, 0.25) is 10.0 Å². The molecular formula is C19H12Cl2N2O2. The third-order valence-corrected chi connectivity index (χ3v) is 4.55. The van der Waals surface area contributed by atoms with Gasteiger partial charge in [0.1, 0.15) is 11.2 Å². The van der Waals surface area contributed by atoms with Crippen LogP contribution < -0.4 is 10.6 Å². The quantitative estimate of drug-likeness (QED) is 0.421. The molecule has 0 radical (unpaired) electrons. The minimum absolute atomic E-state index is 0.370. The van der Waals surface area contributed by atoms with Crippen molar-refractivity contribution >= 4 is 62.5 Å². The molecule has 0 aliphatic carbocycles. The summed E-state index contributed by atoms with van der Waals surface area (Å²) in [4.78, 5) is 12.2. The number of nitrogens with one attached hydrogen (secondary N) is 2. The molecular weight excluding hydrogens is 359 g/mol. The van der Waals surface area contributed by atoms with Gasteiger partial charge in [0, 0.05) is 22.1 Å². The Labute approximate surface area is 153 Å². The highest BCUT2D eigenvalue weighted by Crippen LogP contribution is 2.30. The standard InChI is InChI=1S/C19H12Cl2N2O2/c20-15-7-5-12(10-16(15)21)23-19(24)22-11-6-8-18-14(9-11)13-3-1-2-4-17(13)25-18/h1-10H,(H2,22,23,24). The lowest BCUT2D eigenvalue weighted by Gasteiger charge is -2.08. The second-order valence-corrected chi connectivity index (χ2v) is 6.33. The molecule has 0 bridgehead atoms. The molecule has 0 saturated carbocycles. The maximum absolute atomic E-state index is 12.2. The highest BCUT2D eigenvalue weighted by Gasteiger charge is 2.09. The smallest absolute Gasteiger partial charge is 0.323 e. The number of hydrogen-bond acceptors (Lipinski definition) is 2. The Hall–Kier alpha value is -2.69. The molecule has 0 aliphatic heterocycles. The summed E-state index contributed by atoms with van der Waals surface area (Å²) in [5, 5.41) is 8.29. The maximum atomic E-state index is 12.2. The largest absolute Gasteiger partial charge is 0.456 e. The van der Waals surface area contributed by atoms with Crippen LogP contribution in [-0.4, -0.2) is 6.03 Å². The molecule has 0 fully saturated rings. The number of hydrogen-bond donors (Lipinski definition) is 2. The van der Waals surface area contributed by atoms with E-state index in [1.807, 2.05) is 36.4 Å². The SMILES string of the molecule is O=C(Nc1ccc(Cl)c(Cl)c1)Nc1ccc2oc3ccccc3c2c1. The van der Waals surface area contributed by atoms with Crippen molar-refractivity contribution in [1.29, 1.82) is 0 Å². The molecule has 4 rings (SSSR count). The second kappa shape index (κ2) is 6.31. The number of urea groups is 1. The second-order valence-electron chi connectivity index (χ2n) is 5.52. The number of carbonyl (C=O) groups excluding carboxylic acids is 1. The maximum Gasteiger partial charge on any atom is 0.323 e. The summed E-state index contributed by atoms with van der Waals surface area (Å²) in [5.41, 5.74) is 2.81. The highest BCUT2D eigenvalue weighted by molar-refractivity contribution is 6.42. The van der Waals surface area contributed by atoms with E-state index in [-0.39, 0.29) is 6.03 Å². The Morgan fingerprint density at radius 1 is 0.760 bits per heavy atom. The van der Waals surface area contributed by atoms with Crippen molar-refractivity contribution < 1.29 is 9.21 Å². The predicted octanol–water partition coefficient (Wildman–Crippen LogP) is 6.54. The van der Waals surface area contributed by atoms with Crippen LogP contribution >= 0.6 is 23.2 Å². The van der Waals surface area contributed by atoms with Gasteiger partial charge in [-0.05, 0) is 42.5 Å². The molecule has 0 spiro atoms. The van der Waals surface area contributed by atoms with Gasteiger partial charge in [-0.2, -0.15) is 0 Å². The number of benzene rings is 3. The summed E-state index contributed by atoms with van der Waals surface area (Å²) >= 11 is 11.8. The number of carbonyl (C=O) groups is 1. The third kappa shape index (κ3) is 3.14. The molecule has 0 unspecified atom stereocenters. The highest BCUT2D eigenvalue weighted by atomic mass is 35.5. The fourth-order valence-electron chi connectivity index (χ4n) is 2.67. The van der Waals surface area contributed by atoms with Crippen molar-refractivity contribution in [2.75, 3.05) is 10.6 Å². The summed E-state index contributed by atoms with van der Waals surface area (Å²) < 4.78 is 5.78. The average molecular weight is 371 g/mol. The van der Waals surface area contributed by atoms with Gasteiger partial charge in [-0.25, -0.2) is 4.79 Å². The van der Waals surface area contributed by atoms with E-state index in [1.165, 1.54) is 0 Å². The zero-order valence-corrected chi connectivity index (χ0v) is 14.4. The Kier molecular flexibility index (Phi) is 3.99. The number of rotatable bonds is 2. The molecule has 0 saturated heterocycles. The summed E-state index contributed by atoms with van der Waals surface area (Å²) in [6.45, 7) is 0. The number of fused-ring (bicyclic) bond motifs is 3. The van der Waals surface area contributed by atoms with Gasteiger partial charge in [-0.15, -0.1) is 0 Å². The first-order valence-corrected chi connectivity index (χ1v) is 8.30. The van der Waals surface area contributed by atoms with Crippen LogP contribution in [0.1, 0.15) is 0 Å². The minimum Gasteiger partial charge on any atom is -0.456 e. The molecule has 2 N–H and O–H groups in total. The van der Waals surface area contributed by atoms with Gasteiger partial charge >= 0.3 is 6.03 Å². The summed E-state index contributed by atoms with van der Waals surface area (Å²) in [5.74, 6) is 0. The molecule has 6 heteroatoms. The van der Waals surface area contributed by atoms with Crippen molar-refractivity contribution in [3.63, 3.8) is 0 Å². The van der Waals surface area contributed by atoms with Crippen molar-refractivity contribution in [3.8, 4) is 0 Å². The topological polar surface area (TPSA) is 54.3 Å². The van der Waals surface area contributed by atoms with Crippen LogP contribution in [0, 0.1) is 0 Å². The van der Waals surface area contributed by atoms with Crippen molar-refractivity contribution in [1.82, 2.24) is 0 Å². The Bertz CT molecular complexity index is 1110. The first-order valence-electron chi connectivity index (χ1n) is 7.54. The van der Waals surface area contributed by atoms with Gasteiger partial charge in [0.25, 0.3) is 0 Å². The lowest BCUT2D eigenvalue weighted by atomic mass is 10.1. The van der Waals surface area contributed by atoms with Gasteiger partial charge < -0.3 is 15.1 Å². The van der Waals surface area contributed by atoms with Crippen LogP contribution in [0.3, 0.4) is 0 Å². The molecule has 124 valence electrons. The van der Waals surface area contributed by atoms with E-state index >= 15 is 0 Å². The van der Waals surface area contributed by atoms with Crippen molar-refractivity contribution in [2.45, 2.75) is 0 Å². The van der Waals surface area contributed by atoms with Crippen molar-refractivity contribution in [2.24, 2.45) is 0 Å². The molecule has 1 heterocycles. The Morgan fingerprint density at radius 2 is 1.44 bits per heavy atom. The van der Waals surface area contributed by atoms with Gasteiger partial charge in [0.2, 0.25) is 0 Å². The van der Waals surface area contributed by atoms with Gasteiger partial charge in [0.05, 0.1) is 10.0 Å². The number of para-hydroxylation sites is 1.